The monoisotopic (exact) mass is 355 g/mol. The Hall–Kier alpha value is -2.38. The largest absolute Gasteiger partial charge is 0.324 e. The Bertz CT molecular complexity index is 905. The number of para-hydroxylation sites is 2. The van der Waals surface area contributed by atoms with Crippen LogP contribution in [-0.4, -0.2) is 22.0 Å². The number of carbonyl (C=O) groups excluding carboxylic acids is 2. The summed E-state index contributed by atoms with van der Waals surface area (Å²) in [4.78, 5) is 29.8. The zero-order valence-corrected chi connectivity index (χ0v) is 14.1. The zero-order chi connectivity index (χ0) is 16.5. The van der Waals surface area contributed by atoms with Crippen molar-refractivity contribution in [3.8, 4) is 0 Å². The first-order chi connectivity index (χ1) is 11.7. The van der Waals surface area contributed by atoms with Gasteiger partial charge in [0.15, 0.2) is 5.13 Å². The van der Waals surface area contributed by atoms with Crippen LogP contribution in [0.4, 0.5) is 10.8 Å². The topological polar surface area (TPSA) is 71.1 Å². The molecule has 1 atom stereocenters. The first-order valence-corrected chi connectivity index (χ1v) is 9.10. The van der Waals surface area contributed by atoms with Crippen LogP contribution >= 0.6 is 23.1 Å². The van der Waals surface area contributed by atoms with Crippen molar-refractivity contribution in [2.75, 3.05) is 10.6 Å². The fourth-order valence-electron chi connectivity index (χ4n) is 2.49. The number of carbonyl (C=O) groups is 2. The number of fused-ring (bicyclic) bond motifs is 2. The highest BCUT2D eigenvalue weighted by Gasteiger charge is 2.29. The van der Waals surface area contributed by atoms with Gasteiger partial charge >= 0.3 is 0 Å². The fourth-order valence-corrected chi connectivity index (χ4v) is 4.48. The van der Waals surface area contributed by atoms with Crippen LogP contribution in [0.2, 0.25) is 0 Å². The Morgan fingerprint density at radius 2 is 1.96 bits per heavy atom. The molecule has 5 nitrogen and oxygen atoms in total. The minimum atomic E-state index is -0.436. The summed E-state index contributed by atoms with van der Waals surface area (Å²) in [5.41, 5.74) is 1.66. The van der Waals surface area contributed by atoms with Gasteiger partial charge in [-0.2, -0.15) is 0 Å². The summed E-state index contributed by atoms with van der Waals surface area (Å²) in [6.45, 7) is 0. The predicted molar refractivity (Wildman–Crippen MR) is 97.6 cm³/mol. The highest BCUT2D eigenvalue weighted by Crippen LogP contribution is 2.36. The van der Waals surface area contributed by atoms with Crippen molar-refractivity contribution in [3.05, 3.63) is 48.5 Å². The summed E-state index contributed by atoms with van der Waals surface area (Å²) < 4.78 is 1.02. The van der Waals surface area contributed by atoms with E-state index in [0.717, 1.165) is 20.8 Å². The van der Waals surface area contributed by atoms with E-state index in [0.29, 0.717) is 5.13 Å². The molecular formula is C17H13N3O2S2. The Balaban J connectivity index is 1.45. The molecule has 0 spiro atoms. The van der Waals surface area contributed by atoms with E-state index in [1.807, 2.05) is 48.5 Å². The van der Waals surface area contributed by atoms with Crippen molar-refractivity contribution in [1.29, 1.82) is 0 Å². The van der Waals surface area contributed by atoms with Gasteiger partial charge in [-0.25, -0.2) is 4.98 Å². The molecule has 2 heterocycles. The van der Waals surface area contributed by atoms with E-state index < -0.39 is 5.25 Å². The van der Waals surface area contributed by atoms with Crippen molar-refractivity contribution in [2.24, 2.45) is 0 Å². The van der Waals surface area contributed by atoms with Crippen molar-refractivity contribution in [2.45, 2.75) is 16.6 Å². The second-order valence-electron chi connectivity index (χ2n) is 5.33. The molecule has 120 valence electrons. The Labute approximate surface area is 146 Å². The van der Waals surface area contributed by atoms with Crippen molar-refractivity contribution in [3.63, 3.8) is 0 Å². The standard InChI is InChI=1S/C17H13N3O2S2/c21-15(20-17-19-11-6-2-4-8-13(11)24-17)9-14-16(22)18-10-5-1-3-7-12(10)23-14/h1-8,14H,9H2,(H,18,22)(H,19,20,21). The van der Waals surface area contributed by atoms with Crippen LogP contribution in [0, 0.1) is 0 Å². The van der Waals surface area contributed by atoms with E-state index >= 15 is 0 Å². The lowest BCUT2D eigenvalue weighted by atomic mass is 10.2. The number of amides is 2. The first-order valence-electron chi connectivity index (χ1n) is 7.41. The van der Waals surface area contributed by atoms with Crippen LogP contribution in [0.25, 0.3) is 10.2 Å². The van der Waals surface area contributed by atoms with Gasteiger partial charge in [-0.3, -0.25) is 9.59 Å². The summed E-state index contributed by atoms with van der Waals surface area (Å²) in [5, 5.41) is 5.77. The van der Waals surface area contributed by atoms with Crippen molar-refractivity contribution < 1.29 is 9.59 Å². The van der Waals surface area contributed by atoms with Gasteiger partial charge < -0.3 is 10.6 Å². The van der Waals surface area contributed by atoms with Crippen LogP contribution < -0.4 is 10.6 Å². The summed E-state index contributed by atoms with van der Waals surface area (Å²) in [7, 11) is 0. The fraction of sp³-hybridized carbons (Fsp3) is 0.118. The number of nitrogens with one attached hydrogen (secondary N) is 2. The second-order valence-corrected chi connectivity index (χ2v) is 7.61. The number of hydrogen-bond donors (Lipinski definition) is 2. The molecule has 0 bridgehead atoms. The van der Waals surface area contributed by atoms with E-state index in [1.165, 1.54) is 23.1 Å². The molecular weight excluding hydrogens is 342 g/mol. The second kappa shape index (κ2) is 6.26. The molecule has 4 rings (SSSR count). The van der Waals surface area contributed by atoms with E-state index in [1.54, 1.807) is 0 Å². The Morgan fingerprint density at radius 3 is 2.83 bits per heavy atom. The molecule has 0 aliphatic carbocycles. The normalized spacial score (nSPS) is 16.5. The van der Waals surface area contributed by atoms with E-state index in [-0.39, 0.29) is 18.2 Å². The van der Waals surface area contributed by atoms with E-state index in [2.05, 4.69) is 15.6 Å². The SMILES string of the molecule is O=C(CC1Sc2ccccc2NC1=O)Nc1nc2ccccc2s1. The molecule has 0 saturated carbocycles. The van der Waals surface area contributed by atoms with E-state index in [4.69, 9.17) is 0 Å². The molecule has 1 aromatic heterocycles. The summed E-state index contributed by atoms with van der Waals surface area (Å²) in [6, 6.07) is 15.3. The van der Waals surface area contributed by atoms with Crippen LogP contribution in [0.5, 0.6) is 0 Å². The lowest BCUT2D eigenvalue weighted by molar-refractivity contribution is -0.120. The first kappa shape index (κ1) is 15.2. The molecule has 2 aromatic carbocycles. The average molecular weight is 355 g/mol. The van der Waals surface area contributed by atoms with Gasteiger partial charge in [-0.05, 0) is 24.3 Å². The number of benzene rings is 2. The highest BCUT2D eigenvalue weighted by molar-refractivity contribution is 8.01. The molecule has 2 N–H and O–H groups in total. The molecule has 7 heteroatoms. The van der Waals surface area contributed by atoms with Crippen molar-refractivity contribution >= 4 is 55.9 Å². The third-order valence-electron chi connectivity index (χ3n) is 3.62. The molecule has 1 aliphatic rings. The van der Waals surface area contributed by atoms with Gasteiger partial charge in [-0.15, -0.1) is 11.8 Å². The van der Waals surface area contributed by atoms with Crippen molar-refractivity contribution in [1.82, 2.24) is 4.98 Å². The average Bonchev–Trinajstić information content (AvgIpc) is 2.97. The summed E-state index contributed by atoms with van der Waals surface area (Å²) in [6.07, 6.45) is 0.112. The zero-order valence-electron chi connectivity index (χ0n) is 12.5. The number of thiazole rings is 1. The highest BCUT2D eigenvalue weighted by atomic mass is 32.2. The number of anilines is 2. The quantitative estimate of drug-likeness (QED) is 0.751. The number of hydrogen-bond acceptors (Lipinski definition) is 5. The maximum Gasteiger partial charge on any atom is 0.238 e. The molecule has 0 radical (unpaired) electrons. The van der Waals surface area contributed by atoms with E-state index in [9.17, 15) is 9.59 Å². The predicted octanol–water partition coefficient (Wildman–Crippen LogP) is 3.74. The number of rotatable bonds is 3. The summed E-state index contributed by atoms with van der Waals surface area (Å²) in [5.74, 6) is -0.348. The molecule has 2 amide bonds. The third-order valence-corrected chi connectivity index (χ3v) is 5.84. The van der Waals surface area contributed by atoms with Gasteiger partial charge in [0.2, 0.25) is 11.8 Å². The molecule has 0 saturated heterocycles. The maximum absolute atomic E-state index is 12.3. The van der Waals surface area contributed by atoms with Crippen LogP contribution in [0.3, 0.4) is 0 Å². The summed E-state index contributed by atoms with van der Waals surface area (Å²) >= 11 is 2.85. The maximum atomic E-state index is 12.3. The molecule has 3 aromatic rings. The van der Waals surface area contributed by atoms with Gasteiger partial charge in [-0.1, -0.05) is 35.6 Å². The Morgan fingerprint density at radius 1 is 1.17 bits per heavy atom. The minimum absolute atomic E-state index is 0.112. The van der Waals surface area contributed by atoms with Crippen LogP contribution in [0.15, 0.2) is 53.4 Å². The van der Waals surface area contributed by atoms with Gasteiger partial charge in [0, 0.05) is 11.3 Å². The Kier molecular flexibility index (Phi) is 3.95. The van der Waals surface area contributed by atoms with Crippen LogP contribution in [-0.2, 0) is 9.59 Å². The number of nitrogens with zero attached hydrogens (tertiary/aromatic N) is 1. The lowest BCUT2D eigenvalue weighted by Gasteiger charge is -2.23. The molecule has 1 unspecified atom stereocenters. The lowest BCUT2D eigenvalue weighted by Crippen LogP contribution is -2.32. The van der Waals surface area contributed by atoms with Crippen LogP contribution in [0.1, 0.15) is 6.42 Å². The van der Waals surface area contributed by atoms with Gasteiger partial charge in [0.1, 0.15) is 0 Å². The number of thioether (sulfide) groups is 1. The van der Waals surface area contributed by atoms with Gasteiger partial charge in [0.05, 0.1) is 21.2 Å². The number of aromatic nitrogens is 1. The smallest absolute Gasteiger partial charge is 0.238 e. The van der Waals surface area contributed by atoms with Gasteiger partial charge in [0.25, 0.3) is 0 Å². The molecule has 24 heavy (non-hydrogen) atoms. The minimum Gasteiger partial charge on any atom is -0.324 e. The third kappa shape index (κ3) is 3.00. The molecule has 0 fully saturated rings. The molecule has 1 aliphatic heterocycles.